The summed E-state index contributed by atoms with van der Waals surface area (Å²) in [6.07, 6.45) is 0. The molecule has 0 unspecified atom stereocenters. The molecule has 0 atom stereocenters. The molecule has 0 aliphatic rings. The van der Waals surface area contributed by atoms with E-state index in [2.05, 4.69) is 9.97 Å². The molecule has 0 saturated heterocycles. The summed E-state index contributed by atoms with van der Waals surface area (Å²) in [5, 5.41) is 0.950. The summed E-state index contributed by atoms with van der Waals surface area (Å²) in [7, 11) is 0. The average Bonchev–Trinajstić information content (AvgIpc) is 2.88. The van der Waals surface area contributed by atoms with Crippen LogP contribution in [0.25, 0.3) is 11.0 Å². The number of H-pyrrole nitrogens is 1. The molecule has 102 valence electrons. The van der Waals surface area contributed by atoms with Gasteiger partial charge in [-0.1, -0.05) is 23.9 Å². The van der Waals surface area contributed by atoms with Gasteiger partial charge in [0.2, 0.25) is 0 Å². The molecule has 0 aliphatic heterocycles. The van der Waals surface area contributed by atoms with Gasteiger partial charge in [0.1, 0.15) is 5.82 Å². The van der Waals surface area contributed by atoms with Gasteiger partial charge in [0.05, 0.1) is 11.0 Å². The Morgan fingerprint density at radius 2 is 1.70 bits per heavy atom. The molecular formula is C15H13FN2S2. The van der Waals surface area contributed by atoms with Crippen LogP contribution in [0.2, 0.25) is 0 Å². The maximum atomic E-state index is 12.8. The molecule has 3 rings (SSSR count). The highest BCUT2D eigenvalue weighted by Gasteiger charge is 2.02. The first-order chi connectivity index (χ1) is 9.81. The lowest BCUT2D eigenvalue weighted by Gasteiger charge is -2.00. The minimum atomic E-state index is -0.189. The molecule has 0 aliphatic carbocycles. The molecule has 2 aromatic carbocycles. The number of hydrogen-bond acceptors (Lipinski definition) is 3. The molecule has 0 bridgehead atoms. The van der Waals surface area contributed by atoms with E-state index in [9.17, 15) is 4.39 Å². The summed E-state index contributed by atoms with van der Waals surface area (Å²) in [5.74, 6) is 1.74. The Morgan fingerprint density at radius 1 is 0.950 bits per heavy atom. The number of nitrogens with zero attached hydrogens (tertiary/aromatic N) is 1. The van der Waals surface area contributed by atoms with E-state index in [1.807, 2.05) is 36.4 Å². The standard InChI is InChI=1S/C15H13FN2S2/c16-11-5-7-12(8-6-11)19-9-10-20-15-17-13-3-1-2-4-14(13)18-15/h1-8H,9-10H2,(H,17,18). The summed E-state index contributed by atoms with van der Waals surface area (Å²) < 4.78 is 12.8. The molecule has 0 amide bonds. The molecule has 20 heavy (non-hydrogen) atoms. The van der Waals surface area contributed by atoms with E-state index in [1.54, 1.807) is 23.5 Å². The second-order valence-electron chi connectivity index (χ2n) is 4.21. The van der Waals surface area contributed by atoms with Gasteiger partial charge in [-0.05, 0) is 36.4 Å². The van der Waals surface area contributed by atoms with Crippen molar-refractivity contribution >= 4 is 34.6 Å². The molecule has 1 heterocycles. The van der Waals surface area contributed by atoms with Crippen LogP contribution >= 0.6 is 23.5 Å². The van der Waals surface area contributed by atoms with Crippen LogP contribution in [0.1, 0.15) is 0 Å². The largest absolute Gasteiger partial charge is 0.333 e. The number of imidazole rings is 1. The molecule has 1 aromatic heterocycles. The van der Waals surface area contributed by atoms with Gasteiger partial charge < -0.3 is 4.98 Å². The van der Waals surface area contributed by atoms with Crippen molar-refractivity contribution in [2.45, 2.75) is 10.1 Å². The number of fused-ring (bicyclic) bond motifs is 1. The quantitative estimate of drug-likeness (QED) is 0.552. The third-order valence-electron chi connectivity index (χ3n) is 2.77. The summed E-state index contributed by atoms with van der Waals surface area (Å²) >= 11 is 3.43. The summed E-state index contributed by atoms with van der Waals surface area (Å²) in [6.45, 7) is 0. The van der Waals surface area contributed by atoms with Crippen molar-refractivity contribution in [1.29, 1.82) is 0 Å². The highest BCUT2D eigenvalue weighted by Crippen LogP contribution is 2.23. The molecule has 0 saturated carbocycles. The smallest absolute Gasteiger partial charge is 0.166 e. The molecular weight excluding hydrogens is 291 g/mol. The van der Waals surface area contributed by atoms with Gasteiger partial charge in [0, 0.05) is 16.4 Å². The second kappa shape index (κ2) is 6.33. The van der Waals surface area contributed by atoms with Gasteiger partial charge >= 0.3 is 0 Å². The van der Waals surface area contributed by atoms with Crippen LogP contribution in [-0.2, 0) is 0 Å². The number of hydrogen-bond donors (Lipinski definition) is 1. The lowest BCUT2D eigenvalue weighted by molar-refractivity contribution is 0.626. The normalized spacial score (nSPS) is 11.1. The van der Waals surface area contributed by atoms with E-state index < -0.39 is 0 Å². The van der Waals surface area contributed by atoms with Gasteiger partial charge in [0.25, 0.3) is 0 Å². The van der Waals surface area contributed by atoms with Gasteiger partial charge in [-0.25, -0.2) is 9.37 Å². The van der Waals surface area contributed by atoms with Crippen LogP contribution in [0.3, 0.4) is 0 Å². The number of aromatic nitrogens is 2. The first kappa shape index (κ1) is 13.5. The van der Waals surface area contributed by atoms with Crippen LogP contribution in [0.4, 0.5) is 4.39 Å². The van der Waals surface area contributed by atoms with E-state index in [1.165, 1.54) is 12.1 Å². The van der Waals surface area contributed by atoms with E-state index in [4.69, 9.17) is 0 Å². The topological polar surface area (TPSA) is 28.7 Å². The van der Waals surface area contributed by atoms with Crippen LogP contribution in [0.5, 0.6) is 0 Å². The van der Waals surface area contributed by atoms with E-state index in [0.29, 0.717) is 0 Å². The number of rotatable bonds is 5. The number of nitrogens with one attached hydrogen (secondary N) is 1. The predicted molar refractivity (Wildman–Crippen MR) is 83.9 cm³/mol. The maximum Gasteiger partial charge on any atom is 0.166 e. The van der Waals surface area contributed by atoms with Crippen LogP contribution in [0, 0.1) is 5.82 Å². The van der Waals surface area contributed by atoms with Gasteiger partial charge in [-0.15, -0.1) is 11.8 Å². The minimum absolute atomic E-state index is 0.189. The highest BCUT2D eigenvalue weighted by atomic mass is 32.2. The Balaban J connectivity index is 1.51. The summed E-state index contributed by atoms with van der Waals surface area (Å²) in [4.78, 5) is 8.91. The van der Waals surface area contributed by atoms with Crippen molar-refractivity contribution in [3.05, 3.63) is 54.3 Å². The lowest BCUT2D eigenvalue weighted by atomic mass is 10.3. The van der Waals surface area contributed by atoms with Crippen molar-refractivity contribution in [2.75, 3.05) is 11.5 Å². The monoisotopic (exact) mass is 304 g/mol. The zero-order valence-corrected chi connectivity index (χ0v) is 12.3. The van der Waals surface area contributed by atoms with Gasteiger partial charge in [-0.2, -0.15) is 0 Å². The zero-order valence-electron chi connectivity index (χ0n) is 10.7. The fraction of sp³-hybridized carbons (Fsp3) is 0.133. The third kappa shape index (κ3) is 3.35. The Hall–Kier alpha value is -1.46. The number of benzene rings is 2. The molecule has 0 fully saturated rings. The van der Waals surface area contributed by atoms with E-state index in [0.717, 1.165) is 32.6 Å². The Bertz CT molecular complexity index is 661. The number of halogens is 1. The van der Waals surface area contributed by atoms with Crippen molar-refractivity contribution < 1.29 is 4.39 Å². The molecule has 0 spiro atoms. The maximum absolute atomic E-state index is 12.8. The Morgan fingerprint density at radius 3 is 2.50 bits per heavy atom. The molecule has 5 heteroatoms. The molecule has 1 N–H and O–H groups in total. The summed E-state index contributed by atoms with van der Waals surface area (Å²) in [6, 6.07) is 14.6. The van der Waals surface area contributed by atoms with Crippen LogP contribution in [0.15, 0.2) is 58.6 Å². The Kier molecular flexibility index (Phi) is 4.28. The number of aromatic amines is 1. The fourth-order valence-electron chi connectivity index (χ4n) is 1.83. The molecule has 3 aromatic rings. The highest BCUT2D eigenvalue weighted by molar-refractivity contribution is 8.02. The predicted octanol–water partition coefficient (Wildman–Crippen LogP) is 4.59. The first-order valence-corrected chi connectivity index (χ1v) is 8.24. The third-order valence-corrected chi connectivity index (χ3v) is 4.92. The first-order valence-electron chi connectivity index (χ1n) is 6.27. The lowest BCUT2D eigenvalue weighted by Crippen LogP contribution is -1.85. The molecule has 2 nitrogen and oxygen atoms in total. The van der Waals surface area contributed by atoms with Gasteiger partial charge in [-0.3, -0.25) is 0 Å². The Labute approximate surface area is 125 Å². The average molecular weight is 304 g/mol. The number of para-hydroxylation sites is 2. The van der Waals surface area contributed by atoms with Gasteiger partial charge in [0.15, 0.2) is 5.16 Å². The zero-order chi connectivity index (χ0) is 13.8. The minimum Gasteiger partial charge on any atom is -0.333 e. The summed E-state index contributed by atoms with van der Waals surface area (Å²) in [5.41, 5.74) is 2.07. The SMILES string of the molecule is Fc1ccc(SCCSc2nc3ccccc3[nH]2)cc1. The van der Waals surface area contributed by atoms with Crippen LogP contribution in [-0.4, -0.2) is 21.5 Å². The fourth-order valence-corrected chi connectivity index (χ4v) is 3.60. The van der Waals surface area contributed by atoms with Crippen molar-refractivity contribution in [3.63, 3.8) is 0 Å². The van der Waals surface area contributed by atoms with Crippen molar-refractivity contribution in [1.82, 2.24) is 9.97 Å². The van der Waals surface area contributed by atoms with E-state index >= 15 is 0 Å². The van der Waals surface area contributed by atoms with E-state index in [-0.39, 0.29) is 5.82 Å². The van der Waals surface area contributed by atoms with Crippen molar-refractivity contribution in [3.8, 4) is 0 Å². The van der Waals surface area contributed by atoms with Crippen LogP contribution < -0.4 is 0 Å². The van der Waals surface area contributed by atoms with Crippen molar-refractivity contribution in [2.24, 2.45) is 0 Å². The molecule has 0 radical (unpaired) electrons. The second-order valence-corrected chi connectivity index (χ2v) is 6.46. The number of thioether (sulfide) groups is 2.